The zero-order chi connectivity index (χ0) is 18.5. The topological polar surface area (TPSA) is 78.4 Å². The Morgan fingerprint density at radius 3 is 2.31 bits per heavy atom. The van der Waals surface area contributed by atoms with Gasteiger partial charge < -0.3 is 15.1 Å². The highest BCUT2D eigenvalue weighted by Gasteiger charge is 2.23. The summed E-state index contributed by atoms with van der Waals surface area (Å²) in [6.07, 6.45) is 2.91. The van der Waals surface area contributed by atoms with Crippen LogP contribution in [0.15, 0.2) is 36.7 Å². The number of benzene rings is 1. The molecule has 0 saturated carbocycles. The Morgan fingerprint density at radius 1 is 1.08 bits per heavy atom. The lowest BCUT2D eigenvalue weighted by Crippen LogP contribution is -2.50. The first-order valence-electron chi connectivity index (χ1n) is 8.38. The van der Waals surface area contributed by atoms with Crippen molar-refractivity contribution >= 4 is 17.8 Å². The molecule has 2 aromatic rings. The van der Waals surface area contributed by atoms with Gasteiger partial charge in [-0.3, -0.25) is 9.59 Å². The van der Waals surface area contributed by atoms with Crippen LogP contribution in [-0.2, 0) is 11.3 Å². The average Bonchev–Trinajstić information content (AvgIpc) is 2.67. The fourth-order valence-electron chi connectivity index (χ4n) is 2.75. The number of nitrogens with zero attached hydrogens (tertiary/aromatic N) is 4. The summed E-state index contributed by atoms with van der Waals surface area (Å²) in [5.74, 6) is -0.109. The van der Waals surface area contributed by atoms with Crippen LogP contribution < -0.4 is 5.32 Å². The number of aromatic nitrogens is 2. The van der Waals surface area contributed by atoms with Crippen LogP contribution in [0.2, 0.25) is 0 Å². The van der Waals surface area contributed by atoms with E-state index in [1.54, 1.807) is 28.0 Å². The van der Waals surface area contributed by atoms with Crippen LogP contribution in [0.5, 0.6) is 0 Å². The van der Waals surface area contributed by atoms with Gasteiger partial charge in [0.05, 0.1) is 5.56 Å². The molecule has 1 fully saturated rings. The molecule has 1 saturated heterocycles. The number of carbonyl (C=O) groups excluding carboxylic acids is 2. The van der Waals surface area contributed by atoms with Crippen LogP contribution in [0.1, 0.15) is 22.8 Å². The van der Waals surface area contributed by atoms with Crippen molar-refractivity contribution in [1.82, 2.24) is 19.8 Å². The molecule has 0 atom stereocenters. The summed E-state index contributed by atoms with van der Waals surface area (Å²) < 4.78 is 13.6. The predicted octanol–water partition coefficient (Wildman–Crippen LogP) is 1.53. The van der Waals surface area contributed by atoms with Crippen LogP contribution in [0.4, 0.5) is 10.3 Å². The molecule has 1 N–H and O–H groups in total. The lowest BCUT2D eigenvalue weighted by atomic mass is 10.2. The molecule has 3 rings (SSSR count). The van der Waals surface area contributed by atoms with Crippen LogP contribution in [0.25, 0.3) is 0 Å². The standard InChI is InChI=1S/C18H20FN5O2/c1-13(25)23-6-8-24(9-7-23)17(26)15-11-21-18(22-12-15)20-10-14-4-2-3-5-16(14)19/h2-5,11-12H,6-10H2,1H3,(H,20,21,22). The molecule has 1 aromatic heterocycles. The smallest absolute Gasteiger partial charge is 0.257 e. The largest absolute Gasteiger partial charge is 0.350 e. The molecule has 0 radical (unpaired) electrons. The van der Waals surface area contributed by atoms with E-state index in [9.17, 15) is 14.0 Å². The molecule has 2 heterocycles. The molecule has 136 valence electrons. The Morgan fingerprint density at radius 2 is 1.69 bits per heavy atom. The van der Waals surface area contributed by atoms with Crippen molar-refractivity contribution in [2.45, 2.75) is 13.5 Å². The van der Waals surface area contributed by atoms with Crippen molar-refractivity contribution in [3.8, 4) is 0 Å². The average molecular weight is 357 g/mol. The van der Waals surface area contributed by atoms with E-state index in [-0.39, 0.29) is 24.2 Å². The molecular formula is C18H20FN5O2. The summed E-state index contributed by atoms with van der Waals surface area (Å²) in [6, 6.07) is 6.47. The minimum absolute atomic E-state index is 0.0192. The van der Waals surface area contributed by atoms with Crippen molar-refractivity contribution in [2.24, 2.45) is 0 Å². The lowest BCUT2D eigenvalue weighted by molar-refractivity contribution is -0.130. The van der Waals surface area contributed by atoms with Crippen LogP contribution in [0.3, 0.4) is 0 Å². The fourth-order valence-corrected chi connectivity index (χ4v) is 2.75. The van der Waals surface area contributed by atoms with Crippen molar-refractivity contribution in [2.75, 3.05) is 31.5 Å². The molecule has 1 aliphatic heterocycles. The normalized spacial score (nSPS) is 14.2. The molecular weight excluding hydrogens is 337 g/mol. The van der Waals surface area contributed by atoms with E-state index in [0.717, 1.165) is 0 Å². The van der Waals surface area contributed by atoms with Gasteiger partial charge in [-0.25, -0.2) is 14.4 Å². The van der Waals surface area contributed by atoms with Crippen molar-refractivity contribution in [1.29, 1.82) is 0 Å². The molecule has 0 unspecified atom stereocenters. The maximum atomic E-state index is 13.6. The number of hydrogen-bond donors (Lipinski definition) is 1. The van der Waals surface area contributed by atoms with Gasteiger partial charge in [-0.15, -0.1) is 0 Å². The Bertz CT molecular complexity index is 788. The van der Waals surface area contributed by atoms with Gasteiger partial charge in [0.2, 0.25) is 11.9 Å². The number of rotatable bonds is 4. The highest BCUT2D eigenvalue weighted by atomic mass is 19.1. The number of anilines is 1. The van der Waals surface area contributed by atoms with Gasteiger partial charge >= 0.3 is 0 Å². The molecule has 7 nitrogen and oxygen atoms in total. The van der Waals surface area contributed by atoms with Crippen LogP contribution >= 0.6 is 0 Å². The number of nitrogens with one attached hydrogen (secondary N) is 1. The number of amides is 2. The SMILES string of the molecule is CC(=O)N1CCN(C(=O)c2cnc(NCc3ccccc3F)nc2)CC1. The monoisotopic (exact) mass is 357 g/mol. The van der Waals surface area contributed by atoms with Gasteiger partial charge in [-0.2, -0.15) is 0 Å². The Hall–Kier alpha value is -3.03. The van der Waals surface area contributed by atoms with Crippen LogP contribution in [0, 0.1) is 5.82 Å². The molecule has 0 aliphatic carbocycles. The predicted molar refractivity (Wildman–Crippen MR) is 93.9 cm³/mol. The maximum Gasteiger partial charge on any atom is 0.257 e. The summed E-state index contributed by atoms with van der Waals surface area (Å²) in [4.78, 5) is 35.5. The first kappa shape index (κ1) is 17.8. The Kier molecular flexibility index (Phi) is 5.40. The van der Waals surface area contributed by atoms with E-state index in [4.69, 9.17) is 0 Å². The molecule has 0 bridgehead atoms. The first-order chi connectivity index (χ1) is 12.5. The number of hydrogen-bond acceptors (Lipinski definition) is 5. The highest BCUT2D eigenvalue weighted by Crippen LogP contribution is 2.11. The van der Waals surface area contributed by atoms with E-state index >= 15 is 0 Å². The van der Waals surface area contributed by atoms with Gasteiger partial charge in [0.1, 0.15) is 5.82 Å². The van der Waals surface area contributed by atoms with Gasteiger partial charge in [-0.05, 0) is 6.07 Å². The van der Waals surface area contributed by atoms with E-state index in [2.05, 4.69) is 15.3 Å². The molecule has 2 amide bonds. The molecule has 0 spiro atoms. The van der Waals surface area contributed by atoms with Crippen LogP contribution in [-0.4, -0.2) is 57.8 Å². The summed E-state index contributed by atoms with van der Waals surface area (Å²) in [7, 11) is 0. The number of piperazine rings is 1. The number of carbonyl (C=O) groups is 2. The van der Waals surface area contributed by atoms with Gasteiger partial charge in [0.15, 0.2) is 0 Å². The van der Waals surface area contributed by atoms with Crippen molar-refractivity contribution < 1.29 is 14.0 Å². The third kappa shape index (κ3) is 4.14. The third-order valence-electron chi connectivity index (χ3n) is 4.31. The Balaban J connectivity index is 1.56. The minimum Gasteiger partial charge on any atom is -0.350 e. The second-order valence-corrected chi connectivity index (χ2v) is 6.04. The van der Waals surface area contributed by atoms with Crippen molar-refractivity contribution in [3.05, 3.63) is 53.6 Å². The quantitative estimate of drug-likeness (QED) is 0.898. The second-order valence-electron chi connectivity index (χ2n) is 6.04. The van der Waals surface area contributed by atoms with E-state index in [1.165, 1.54) is 25.4 Å². The molecule has 8 heteroatoms. The fraction of sp³-hybridized carbons (Fsp3) is 0.333. The first-order valence-corrected chi connectivity index (χ1v) is 8.38. The lowest BCUT2D eigenvalue weighted by Gasteiger charge is -2.34. The van der Waals surface area contributed by atoms with Gasteiger partial charge in [0, 0.05) is 57.6 Å². The third-order valence-corrected chi connectivity index (χ3v) is 4.31. The van der Waals surface area contributed by atoms with Gasteiger partial charge in [-0.1, -0.05) is 18.2 Å². The summed E-state index contributed by atoms with van der Waals surface area (Å²) in [6.45, 7) is 3.83. The van der Waals surface area contributed by atoms with Gasteiger partial charge in [0.25, 0.3) is 5.91 Å². The summed E-state index contributed by atoms with van der Waals surface area (Å²) in [5.41, 5.74) is 0.900. The zero-order valence-corrected chi connectivity index (χ0v) is 14.5. The molecule has 1 aliphatic rings. The second kappa shape index (κ2) is 7.90. The highest BCUT2D eigenvalue weighted by molar-refractivity contribution is 5.93. The zero-order valence-electron chi connectivity index (χ0n) is 14.5. The summed E-state index contributed by atoms with van der Waals surface area (Å²) in [5, 5.41) is 2.93. The van der Waals surface area contributed by atoms with Crippen molar-refractivity contribution in [3.63, 3.8) is 0 Å². The maximum absolute atomic E-state index is 13.6. The summed E-state index contributed by atoms with van der Waals surface area (Å²) >= 11 is 0. The Labute approximate surface area is 150 Å². The van der Waals surface area contributed by atoms with E-state index in [0.29, 0.717) is 43.3 Å². The number of halogens is 1. The van der Waals surface area contributed by atoms with E-state index in [1.807, 2.05) is 0 Å². The minimum atomic E-state index is -0.295. The molecule has 26 heavy (non-hydrogen) atoms. The molecule has 1 aromatic carbocycles. The van der Waals surface area contributed by atoms with E-state index < -0.39 is 0 Å².